The van der Waals surface area contributed by atoms with E-state index in [1.165, 1.54) is 19.4 Å². The number of hydrogen-bond donors (Lipinski definition) is 1. The minimum Gasteiger partial charge on any atom is -0.366 e. The maximum atomic E-state index is 12.4. The molecule has 8 heteroatoms. The molecular formula is C14H16N4O3S. The van der Waals surface area contributed by atoms with Crippen LogP contribution in [0, 0.1) is 6.92 Å². The number of aromatic nitrogens is 2. The maximum Gasteiger partial charge on any atom is 0.251 e. The molecule has 0 aliphatic rings. The second kappa shape index (κ2) is 6.20. The van der Waals surface area contributed by atoms with Crippen molar-refractivity contribution in [3.8, 4) is 0 Å². The first-order valence-corrected chi connectivity index (χ1v) is 7.88. The van der Waals surface area contributed by atoms with E-state index >= 15 is 0 Å². The van der Waals surface area contributed by atoms with Gasteiger partial charge < -0.3 is 5.73 Å². The molecule has 0 saturated heterocycles. The molecular weight excluding hydrogens is 304 g/mol. The molecule has 0 aliphatic heterocycles. The van der Waals surface area contributed by atoms with Crippen LogP contribution in [0.1, 0.15) is 21.7 Å². The Morgan fingerprint density at radius 2 is 1.73 bits per heavy atom. The molecule has 116 valence electrons. The van der Waals surface area contributed by atoms with Crippen LogP contribution in [0.5, 0.6) is 0 Å². The minimum atomic E-state index is -3.62. The fraction of sp³-hybridized carbons (Fsp3) is 0.214. The highest BCUT2D eigenvalue weighted by molar-refractivity contribution is 7.89. The van der Waals surface area contributed by atoms with Gasteiger partial charge in [-0.15, -0.1) is 0 Å². The van der Waals surface area contributed by atoms with E-state index in [4.69, 9.17) is 5.73 Å². The number of nitrogens with zero attached hydrogens (tertiary/aromatic N) is 3. The van der Waals surface area contributed by atoms with E-state index in [0.29, 0.717) is 0 Å². The lowest BCUT2D eigenvalue weighted by atomic mass is 10.2. The number of carbonyl (C=O) groups is 1. The van der Waals surface area contributed by atoms with Crippen LogP contribution < -0.4 is 5.73 Å². The van der Waals surface area contributed by atoms with Gasteiger partial charge in [-0.05, 0) is 19.1 Å². The van der Waals surface area contributed by atoms with Crippen LogP contribution in [-0.2, 0) is 16.6 Å². The van der Waals surface area contributed by atoms with Crippen LogP contribution in [0.2, 0.25) is 0 Å². The highest BCUT2D eigenvalue weighted by Gasteiger charge is 2.21. The Balaban J connectivity index is 2.18. The third kappa shape index (κ3) is 3.46. The van der Waals surface area contributed by atoms with Gasteiger partial charge in [0, 0.05) is 19.4 Å². The van der Waals surface area contributed by atoms with Crippen molar-refractivity contribution >= 4 is 15.9 Å². The molecule has 22 heavy (non-hydrogen) atoms. The van der Waals surface area contributed by atoms with Crippen molar-refractivity contribution in [2.45, 2.75) is 18.4 Å². The molecule has 0 aliphatic carbocycles. The Morgan fingerprint density at radius 3 is 2.23 bits per heavy atom. The minimum absolute atomic E-state index is 0.00471. The summed E-state index contributed by atoms with van der Waals surface area (Å²) >= 11 is 0. The first-order chi connectivity index (χ1) is 10.3. The number of amides is 1. The highest BCUT2D eigenvalue weighted by Crippen LogP contribution is 2.16. The molecule has 0 saturated carbocycles. The molecule has 7 nitrogen and oxygen atoms in total. The second-order valence-electron chi connectivity index (χ2n) is 4.83. The van der Waals surface area contributed by atoms with Gasteiger partial charge in [-0.25, -0.2) is 18.4 Å². The van der Waals surface area contributed by atoms with Gasteiger partial charge in [0.1, 0.15) is 5.82 Å². The Bertz CT molecular complexity index is 771. The lowest BCUT2D eigenvalue weighted by Gasteiger charge is -2.16. The number of sulfonamides is 1. The predicted octanol–water partition coefficient (Wildman–Crippen LogP) is 0.705. The van der Waals surface area contributed by atoms with Crippen LogP contribution in [0.3, 0.4) is 0 Å². The van der Waals surface area contributed by atoms with Gasteiger partial charge in [-0.3, -0.25) is 4.79 Å². The van der Waals surface area contributed by atoms with Crippen molar-refractivity contribution in [1.29, 1.82) is 0 Å². The van der Waals surface area contributed by atoms with E-state index in [-0.39, 0.29) is 22.8 Å². The SMILES string of the molecule is Cc1ccc(S(=O)(=O)N(C)Cc2ncc(C(N)=O)cn2)cc1. The zero-order chi connectivity index (χ0) is 16.3. The molecule has 2 N–H and O–H groups in total. The maximum absolute atomic E-state index is 12.4. The summed E-state index contributed by atoms with van der Waals surface area (Å²) in [6.45, 7) is 1.88. The number of rotatable bonds is 5. The standard InChI is InChI=1S/C14H16N4O3S/c1-10-3-5-12(6-4-10)22(20,21)18(2)9-13-16-7-11(8-17-13)14(15)19/h3-8H,9H2,1-2H3,(H2,15,19). The molecule has 0 radical (unpaired) electrons. The summed E-state index contributed by atoms with van der Waals surface area (Å²) in [6, 6.07) is 6.58. The fourth-order valence-corrected chi connectivity index (χ4v) is 2.86. The number of aryl methyl sites for hydroxylation is 1. The Hall–Kier alpha value is -2.32. The van der Waals surface area contributed by atoms with Gasteiger partial charge in [-0.2, -0.15) is 4.31 Å². The average molecular weight is 320 g/mol. The molecule has 0 fully saturated rings. The van der Waals surface area contributed by atoms with Crippen molar-refractivity contribution in [2.75, 3.05) is 7.05 Å². The molecule has 2 aromatic rings. The average Bonchev–Trinajstić information content (AvgIpc) is 2.48. The van der Waals surface area contributed by atoms with E-state index in [9.17, 15) is 13.2 Å². The van der Waals surface area contributed by atoms with Crippen molar-refractivity contribution in [3.63, 3.8) is 0 Å². The molecule has 1 amide bonds. The fourth-order valence-electron chi connectivity index (χ4n) is 1.74. The molecule has 2 rings (SSSR count). The van der Waals surface area contributed by atoms with Gasteiger partial charge in [0.2, 0.25) is 10.0 Å². The van der Waals surface area contributed by atoms with E-state index in [1.807, 2.05) is 6.92 Å². The first-order valence-electron chi connectivity index (χ1n) is 6.44. The van der Waals surface area contributed by atoms with E-state index in [1.54, 1.807) is 24.3 Å². The number of carbonyl (C=O) groups excluding carboxylic acids is 1. The van der Waals surface area contributed by atoms with Crippen LogP contribution >= 0.6 is 0 Å². The molecule has 1 aromatic carbocycles. The van der Waals surface area contributed by atoms with Crippen LogP contribution in [-0.4, -0.2) is 35.6 Å². The van der Waals surface area contributed by atoms with E-state index < -0.39 is 15.9 Å². The van der Waals surface area contributed by atoms with E-state index in [0.717, 1.165) is 9.87 Å². The number of primary amides is 1. The molecule has 1 aromatic heterocycles. The zero-order valence-corrected chi connectivity index (χ0v) is 13.0. The normalized spacial score (nSPS) is 11.6. The van der Waals surface area contributed by atoms with Gasteiger partial charge in [0.05, 0.1) is 17.0 Å². The number of hydrogen-bond acceptors (Lipinski definition) is 5. The third-order valence-electron chi connectivity index (χ3n) is 3.08. The van der Waals surface area contributed by atoms with Crippen molar-refractivity contribution in [2.24, 2.45) is 5.73 Å². The number of benzene rings is 1. The quantitative estimate of drug-likeness (QED) is 0.873. The van der Waals surface area contributed by atoms with Gasteiger partial charge in [0.25, 0.3) is 5.91 Å². The van der Waals surface area contributed by atoms with E-state index in [2.05, 4.69) is 9.97 Å². The summed E-state index contributed by atoms with van der Waals surface area (Å²) in [4.78, 5) is 19.0. The highest BCUT2D eigenvalue weighted by atomic mass is 32.2. The summed E-state index contributed by atoms with van der Waals surface area (Å²) in [5.41, 5.74) is 6.25. The lowest BCUT2D eigenvalue weighted by molar-refractivity contribution is 0.0999. The van der Waals surface area contributed by atoms with Crippen molar-refractivity contribution in [1.82, 2.24) is 14.3 Å². The topological polar surface area (TPSA) is 106 Å². The summed E-state index contributed by atoms with van der Waals surface area (Å²) in [5, 5.41) is 0. The van der Waals surface area contributed by atoms with Crippen molar-refractivity contribution in [3.05, 3.63) is 53.6 Å². The van der Waals surface area contributed by atoms with Crippen molar-refractivity contribution < 1.29 is 13.2 Å². The van der Waals surface area contributed by atoms with Crippen LogP contribution in [0.15, 0.2) is 41.6 Å². The van der Waals surface area contributed by atoms with Gasteiger partial charge >= 0.3 is 0 Å². The number of nitrogens with two attached hydrogens (primary N) is 1. The summed E-state index contributed by atoms with van der Waals surface area (Å²) in [7, 11) is -2.17. The molecule has 0 unspecified atom stereocenters. The summed E-state index contributed by atoms with van der Waals surface area (Å²) < 4.78 is 26.0. The largest absolute Gasteiger partial charge is 0.366 e. The Morgan fingerprint density at radius 1 is 1.18 bits per heavy atom. The zero-order valence-electron chi connectivity index (χ0n) is 12.2. The smallest absolute Gasteiger partial charge is 0.251 e. The van der Waals surface area contributed by atoms with Gasteiger partial charge in [-0.1, -0.05) is 17.7 Å². The lowest BCUT2D eigenvalue weighted by Crippen LogP contribution is -2.27. The van der Waals surface area contributed by atoms with Crippen LogP contribution in [0.4, 0.5) is 0 Å². The predicted molar refractivity (Wildman–Crippen MR) is 80.4 cm³/mol. The first kappa shape index (κ1) is 16.1. The van der Waals surface area contributed by atoms with Gasteiger partial charge in [0.15, 0.2) is 0 Å². The molecule has 0 spiro atoms. The third-order valence-corrected chi connectivity index (χ3v) is 4.90. The summed E-state index contributed by atoms with van der Waals surface area (Å²) in [6.07, 6.45) is 2.55. The molecule has 1 heterocycles. The Kier molecular flexibility index (Phi) is 4.53. The van der Waals surface area contributed by atoms with Crippen LogP contribution in [0.25, 0.3) is 0 Å². The second-order valence-corrected chi connectivity index (χ2v) is 6.87. The molecule has 0 atom stereocenters. The monoisotopic (exact) mass is 320 g/mol. The molecule has 0 bridgehead atoms. The Labute approximate surface area is 128 Å². The summed E-state index contributed by atoms with van der Waals surface area (Å²) in [5.74, 6) is -0.352.